The smallest absolute Gasteiger partial charge is 0.162 e. The molecular weight excluding hydrogens is 238 g/mol. The fourth-order valence-electron chi connectivity index (χ4n) is 1.82. The van der Waals surface area contributed by atoms with E-state index in [0.29, 0.717) is 6.61 Å². The number of aryl methyl sites for hydroxylation is 1. The third-order valence-corrected chi connectivity index (χ3v) is 2.73. The molecular formula is C15H15N3O. The van der Waals surface area contributed by atoms with Crippen molar-refractivity contribution in [2.45, 2.75) is 19.8 Å². The van der Waals surface area contributed by atoms with Gasteiger partial charge in [0.1, 0.15) is 0 Å². The Morgan fingerprint density at radius 2 is 1.95 bits per heavy atom. The van der Waals surface area contributed by atoms with Gasteiger partial charge in [0.25, 0.3) is 0 Å². The molecule has 0 radical (unpaired) electrons. The van der Waals surface area contributed by atoms with Gasteiger partial charge in [-0.05, 0) is 23.6 Å². The van der Waals surface area contributed by atoms with Gasteiger partial charge in [-0.25, -0.2) is 0 Å². The molecule has 2 aromatic rings. The maximum atomic E-state index is 8.64. The minimum absolute atomic E-state index is 0.415. The van der Waals surface area contributed by atoms with Crippen LogP contribution in [-0.4, -0.2) is 0 Å². The number of ether oxygens (including phenoxy) is 1. The van der Waals surface area contributed by atoms with Crippen molar-refractivity contribution in [1.82, 2.24) is 0 Å². The third-order valence-electron chi connectivity index (χ3n) is 2.73. The van der Waals surface area contributed by atoms with Crippen LogP contribution in [0.1, 0.15) is 22.9 Å². The van der Waals surface area contributed by atoms with Gasteiger partial charge in [0.15, 0.2) is 6.23 Å². The first-order valence-corrected chi connectivity index (χ1v) is 6.06. The molecule has 0 fully saturated rings. The second-order valence-electron chi connectivity index (χ2n) is 4.27. The quantitative estimate of drug-likeness (QED) is 0.439. The highest BCUT2D eigenvalue weighted by atomic mass is 16.5. The van der Waals surface area contributed by atoms with Gasteiger partial charge in [-0.15, -0.1) is 0 Å². The summed E-state index contributed by atoms with van der Waals surface area (Å²) in [6.07, 6.45) is -0.592. The molecule has 0 saturated heterocycles. The van der Waals surface area contributed by atoms with Crippen LogP contribution in [0.5, 0.6) is 0 Å². The van der Waals surface area contributed by atoms with Crippen LogP contribution >= 0.6 is 0 Å². The Morgan fingerprint density at radius 1 is 1.16 bits per heavy atom. The molecule has 0 aromatic heterocycles. The van der Waals surface area contributed by atoms with Crippen LogP contribution in [0, 0.1) is 6.92 Å². The van der Waals surface area contributed by atoms with Gasteiger partial charge in [-0.2, -0.15) is 0 Å². The fraction of sp³-hybridized carbons (Fsp3) is 0.200. The summed E-state index contributed by atoms with van der Waals surface area (Å²) in [7, 11) is 0. The molecule has 0 aliphatic rings. The van der Waals surface area contributed by atoms with Crippen LogP contribution in [0.2, 0.25) is 0 Å². The molecule has 0 bridgehead atoms. The van der Waals surface area contributed by atoms with Gasteiger partial charge in [0, 0.05) is 4.91 Å². The fourth-order valence-corrected chi connectivity index (χ4v) is 1.82. The highest BCUT2D eigenvalue weighted by Gasteiger charge is 2.10. The molecule has 0 aliphatic carbocycles. The minimum Gasteiger partial charge on any atom is -0.363 e. The summed E-state index contributed by atoms with van der Waals surface area (Å²) in [5, 5.41) is 3.71. The van der Waals surface area contributed by atoms with E-state index in [2.05, 4.69) is 10.0 Å². The lowest BCUT2D eigenvalue weighted by Gasteiger charge is -2.13. The normalized spacial score (nSPS) is 11.6. The molecule has 1 unspecified atom stereocenters. The molecule has 0 spiro atoms. The van der Waals surface area contributed by atoms with Crippen molar-refractivity contribution in [2.75, 3.05) is 0 Å². The first kappa shape index (κ1) is 13.1. The zero-order valence-corrected chi connectivity index (χ0v) is 10.7. The SMILES string of the molecule is Cc1cccc(C(N=[N+]=[N-])OCc2ccccc2)c1. The number of azide groups is 1. The number of hydrogen-bond donors (Lipinski definition) is 0. The Balaban J connectivity index is 2.11. The van der Waals surface area contributed by atoms with Crippen LogP contribution in [0.4, 0.5) is 0 Å². The molecule has 19 heavy (non-hydrogen) atoms. The highest BCUT2D eigenvalue weighted by molar-refractivity contribution is 5.24. The summed E-state index contributed by atoms with van der Waals surface area (Å²) in [5.74, 6) is 0. The van der Waals surface area contributed by atoms with Crippen molar-refractivity contribution in [3.63, 3.8) is 0 Å². The minimum atomic E-state index is -0.592. The van der Waals surface area contributed by atoms with E-state index >= 15 is 0 Å². The van der Waals surface area contributed by atoms with E-state index in [1.165, 1.54) is 0 Å². The summed E-state index contributed by atoms with van der Waals surface area (Å²) in [4.78, 5) is 2.85. The van der Waals surface area contributed by atoms with Crippen LogP contribution < -0.4 is 0 Å². The van der Waals surface area contributed by atoms with Gasteiger partial charge in [-0.3, -0.25) is 0 Å². The number of benzene rings is 2. The molecule has 0 saturated carbocycles. The number of nitrogens with zero attached hydrogens (tertiary/aromatic N) is 3. The van der Waals surface area contributed by atoms with E-state index in [0.717, 1.165) is 16.7 Å². The average Bonchev–Trinajstić information content (AvgIpc) is 2.44. The molecule has 4 heteroatoms. The van der Waals surface area contributed by atoms with Crippen LogP contribution in [-0.2, 0) is 11.3 Å². The van der Waals surface area contributed by atoms with E-state index in [1.807, 2.05) is 61.5 Å². The zero-order chi connectivity index (χ0) is 13.5. The molecule has 4 nitrogen and oxygen atoms in total. The van der Waals surface area contributed by atoms with E-state index in [-0.39, 0.29) is 0 Å². The Hall–Kier alpha value is -2.29. The van der Waals surface area contributed by atoms with Gasteiger partial charge in [0.2, 0.25) is 0 Å². The van der Waals surface area contributed by atoms with E-state index in [9.17, 15) is 0 Å². The molecule has 2 rings (SSSR count). The predicted molar refractivity (Wildman–Crippen MR) is 74.3 cm³/mol. The second kappa shape index (κ2) is 6.59. The molecule has 0 N–H and O–H groups in total. The molecule has 1 atom stereocenters. The van der Waals surface area contributed by atoms with Crippen molar-refractivity contribution in [3.05, 3.63) is 81.7 Å². The average molecular weight is 253 g/mol. The van der Waals surface area contributed by atoms with E-state index in [1.54, 1.807) is 0 Å². The first-order valence-electron chi connectivity index (χ1n) is 6.06. The van der Waals surface area contributed by atoms with E-state index in [4.69, 9.17) is 10.3 Å². The zero-order valence-electron chi connectivity index (χ0n) is 10.7. The van der Waals surface area contributed by atoms with Gasteiger partial charge in [0.05, 0.1) is 6.61 Å². The number of hydrogen-bond acceptors (Lipinski definition) is 2. The topological polar surface area (TPSA) is 58.0 Å². The summed E-state index contributed by atoms with van der Waals surface area (Å²) in [6, 6.07) is 17.6. The van der Waals surface area contributed by atoms with Gasteiger partial charge < -0.3 is 4.74 Å². The van der Waals surface area contributed by atoms with Gasteiger partial charge in [-0.1, -0.05) is 65.3 Å². The standard InChI is InChI=1S/C15H15N3O/c1-12-6-5-9-14(10-12)15(17-18-16)19-11-13-7-3-2-4-8-13/h2-10,15H,11H2,1H3. The summed E-state index contributed by atoms with van der Waals surface area (Å²) < 4.78 is 5.69. The Morgan fingerprint density at radius 3 is 2.63 bits per heavy atom. The maximum Gasteiger partial charge on any atom is 0.162 e. The molecule has 0 aliphatic heterocycles. The van der Waals surface area contributed by atoms with Crippen LogP contribution in [0.25, 0.3) is 10.4 Å². The molecule has 96 valence electrons. The molecule has 0 amide bonds. The summed E-state index contributed by atoms with van der Waals surface area (Å²) in [6.45, 7) is 2.41. The van der Waals surface area contributed by atoms with Gasteiger partial charge >= 0.3 is 0 Å². The van der Waals surface area contributed by atoms with Crippen molar-refractivity contribution in [3.8, 4) is 0 Å². The lowest BCUT2D eigenvalue weighted by Crippen LogP contribution is -2.01. The van der Waals surface area contributed by atoms with Crippen LogP contribution in [0.15, 0.2) is 59.7 Å². The van der Waals surface area contributed by atoms with Crippen molar-refractivity contribution >= 4 is 0 Å². The predicted octanol–water partition coefficient (Wildman–Crippen LogP) is 4.52. The lowest BCUT2D eigenvalue weighted by molar-refractivity contribution is 0.0444. The monoisotopic (exact) mass is 253 g/mol. The van der Waals surface area contributed by atoms with Crippen molar-refractivity contribution < 1.29 is 4.74 Å². The van der Waals surface area contributed by atoms with Crippen LogP contribution in [0.3, 0.4) is 0 Å². The number of rotatable bonds is 5. The lowest BCUT2D eigenvalue weighted by atomic mass is 10.1. The Kier molecular flexibility index (Phi) is 4.56. The second-order valence-corrected chi connectivity index (χ2v) is 4.27. The Labute approximate surface area is 112 Å². The first-order chi connectivity index (χ1) is 9.29. The highest BCUT2D eigenvalue weighted by Crippen LogP contribution is 2.21. The maximum absolute atomic E-state index is 8.64. The molecule has 2 aromatic carbocycles. The van der Waals surface area contributed by atoms with Crippen molar-refractivity contribution in [1.29, 1.82) is 0 Å². The van der Waals surface area contributed by atoms with E-state index < -0.39 is 6.23 Å². The summed E-state index contributed by atoms with van der Waals surface area (Å²) in [5.41, 5.74) is 11.7. The third kappa shape index (κ3) is 3.85. The summed E-state index contributed by atoms with van der Waals surface area (Å²) >= 11 is 0. The van der Waals surface area contributed by atoms with Crippen molar-refractivity contribution in [2.24, 2.45) is 5.11 Å². The largest absolute Gasteiger partial charge is 0.363 e. The molecule has 0 heterocycles. The Bertz CT molecular complexity index is 577.